The molecule has 0 atom stereocenters. The van der Waals surface area contributed by atoms with E-state index in [9.17, 15) is 0 Å². The molecule has 0 aromatic carbocycles. The van der Waals surface area contributed by atoms with Gasteiger partial charge in [-0.2, -0.15) is 4.99 Å². The lowest BCUT2D eigenvalue weighted by Gasteiger charge is -2.04. The first-order valence-electron chi connectivity index (χ1n) is 6.01. The zero-order valence-corrected chi connectivity index (χ0v) is 11.2. The Bertz CT molecular complexity index is 775. The standard InChI is InChI=1S/C16H12N2S/c1-12-10-15-11-17-9-7-13(15)5-6-14-4-2-3-8-18-16(14)19-12/h2-5,7,9-11H,1,6H2/b13-5-,15-10-. The van der Waals surface area contributed by atoms with E-state index in [2.05, 4.69) is 34.6 Å². The number of nitrogens with zero attached hydrogens (tertiary/aromatic N) is 2. The number of pyridine rings is 1. The number of hydrogen-bond acceptors (Lipinski definition) is 3. The zero-order valence-electron chi connectivity index (χ0n) is 10.3. The van der Waals surface area contributed by atoms with E-state index in [0.29, 0.717) is 0 Å². The molecule has 0 amide bonds. The van der Waals surface area contributed by atoms with Crippen LogP contribution in [-0.4, -0.2) is 10.9 Å². The van der Waals surface area contributed by atoms with E-state index in [4.69, 9.17) is 0 Å². The van der Waals surface area contributed by atoms with Crippen molar-refractivity contribution in [2.45, 2.75) is 6.42 Å². The predicted octanol–water partition coefficient (Wildman–Crippen LogP) is 2.30. The van der Waals surface area contributed by atoms with Crippen molar-refractivity contribution in [1.82, 2.24) is 4.98 Å². The van der Waals surface area contributed by atoms with Crippen LogP contribution >= 0.6 is 11.8 Å². The summed E-state index contributed by atoms with van der Waals surface area (Å²) in [5, 5.41) is 3.24. The Labute approximate surface area is 116 Å². The Morgan fingerprint density at radius 2 is 2.26 bits per heavy atom. The first kappa shape index (κ1) is 12.0. The van der Waals surface area contributed by atoms with Crippen LogP contribution in [0.3, 0.4) is 0 Å². The lowest BCUT2D eigenvalue weighted by molar-refractivity contribution is 1.25. The summed E-state index contributed by atoms with van der Waals surface area (Å²) >= 11 is 1.58. The van der Waals surface area contributed by atoms with Crippen LogP contribution in [0.1, 0.15) is 6.42 Å². The Balaban J connectivity index is 2.18. The van der Waals surface area contributed by atoms with Crippen LogP contribution in [0.5, 0.6) is 0 Å². The number of hydrogen-bond donors (Lipinski definition) is 0. The highest BCUT2D eigenvalue weighted by atomic mass is 32.2. The maximum Gasteiger partial charge on any atom is 0.114 e. The molecule has 3 rings (SSSR count). The second-order valence-corrected chi connectivity index (χ2v) is 5.34. The molecule has 3 heteroatoms. The molecule has 1 aromatic heterocycles. The number of aromatic nitrogens is 1. The summed E-state index contributed by atoms with van der Waals surface area (Å²) < 4.78 is 0. The lowest BCUT2D eigenvalue weighted by Crippen LogP contribution is -2.24. The van der Waals surface area contributed by atoms with Crippen molar-refractivity contribution in [3.63, 3.8) is 0 Å². The molecule has 2 nitrogen and oxygen atoms in total. The van der Waals surface area contributed by atoms with Gasteiger partial charge in [-0.15, -0.1) is 0 Å². The van der Waals surface area contributed by atoms with E-state index in [1.54, 1.807) is 11.8 Å². The second-order valence-electron chi connectivity index (χ2n) is 4.22. The molecule has 0 unspecified atom stereocenters. The Hall–Kier alpha value is -2.09. The average molecular weight is 264 g/mol. The molecule has 0 saturated heterocycles. The van der Waals surface area contributed by atoms with Crippen molar-refractivity contribution in [3.05, 3.63) is 69.2 Å². The van der Waals surface area contributed by atoms with Gasteiger partial charge < -0.3 is 0 Å². The van der Waals surface area contributed by atoms with Gasteiger partial charge in [-0.3, -0.25) is 4.98 Å². The molecule has 2 aliphatic rings. The van der Waals surface area contributed by atoms with Crippen molar-refractivity contribution >= 4 is 29.8 Å². The molecule has 0 spiro atoms. The lowest BCUT2D eigenvalue weighted by atomic mass is 10.1. The highest BCUT2D eigenvalue weighted by Gasteiger charge is 2.07. The smallest absolute Gasteiger partial charge is 0.114 e. The first-order valence-corrected chi connectivity index (χ1v) is 6.82. The normalized spacial score (nSPS) is 20.9. The number of rotatable bonds is 0. The van der Waals surface area contributed by atoms with E-state index in [0.717, 1.165) is 21.6 Å². The molecule has 1 aromatic rings. The van der Waals surface area contributed by atoms with Crippen molar-refractivity contribution in [2.24, 2.45) is 4.99 Å². The van der Waals surface area contributed by atoms with E-state index < -0.39 is 0 Å². The fourth-order valence-corrected chi connectivity index (χ4v) is 2.78. The third-order valence-electron chi connectivity index (χ3n) is 2.88. The van der Waals surface area contributed by atoms with Crippen LogP contribution in [0, 0.1) is 0 Å². The maximum absolute atomic E-state index is 4.36. The highest BCUT2D eigenvalue weighted by molar-refractivity contribution is 8.07. The van der Waals surface area contributed by atoms with Gasteiger partial charge in [0.2, 0.25) is 0 Å². The monoisotopic (exact) mass is 264 g/mol. The number of aliphatic imine (C=N–C) groups is 1. The molecule has 0 fully saturated rings. The third-order valence-corrected chi connectivity index (χ3v) is 3.81. The van der Waals surface area contributed by atoms with Gasteiger partial charge in [-0.1, -0.05) is 36.6 Å². The maximum atomic E-state index is 4.36. The molecular formula is C16H12N2S. The second kappa shape index (κ2) is 5.27. The summed E-state index contributed by atoms with van der Waals surface area (Å²) in [6.07, 6.45) is 14.7. The van der Waals surface area contributed by atoms with Crippen LogP contribution in [0.25, 0.3) is 12.2 Å². The minimum Gasteiger partial charge on any atom is -0.264 e. The van der Waals surface area contributed by atoms with Gasteiger partial charge in [-0.25, -0.2) is 0 Å². The van der Waals surface area contributed by atoms with E-state index >= 15 is 0 Å². The Kier molecular flexibility index (Phi) is 3.32. The minimum absolute atomic E-state index is 0.843. The van der Waals surface area contributed by atoms with Crippen LogP contribution in [0.15, 0.2) is 63.8 Å². The van der Waals surface area contributed by atoms with Gasteiger partial charge in [0, 0.05) is 22.5 Å². The molecule has 0 radical (unpaired) electrons. The zero-order chi connectivity index (χ0) is 13.1. The fraction of sp³-hybridized carbons (Fsp3) is 0.0625. The van der Waals surface area contributed by atoms with Crippen molar-refractivity contribution in [1.29, 1.82) is 0 Å². The summed E-state index contributed by atoms with van der Waals surface area (Å²) in [4.78, 5) is 9.49. The van der Waals surface area contributed by atoms with E-state index in [1.807, 2.05) is 36.7 Å². The van der Waals surface area contributed by atoms with Gasteiger partial charge in [0.15, 0.2) is 0 Å². The fourth-order valence-electron chi connectivity index (χ4n) is 1.96. The van der Waals surface area contributed by atoms with E-state index in [-0.39, 0.29) is 0 Å². The molecule has 0 aliphatic carbocycles. The van der Waals surface area contributed by atoms with Gasteiger partial charge in [-0.05, 0) is 41.3 Å². The number of allylic oxidation sites excluding steroid dienone is 5. The molecule has 92 valence electrons. The molecular weight excluding hydrogens is 252 g/mol. The first-order chi connectivity index (χ1) is 9.33. The summed E-state index contributed by atoms with van der Waals surface area (Å²) in [5.41, 5.74) is 1.19. The van der Waals surface area contributed by atoms with Gasteiger partial charge in [0.25, 0.3) is 0 Å². The van der Waals surface area contributed by atoms with Gasteiger partial charge >= 0.3 is 0 Å². The van der Waals surface area contributed by atoms with Crippen molar-refractivity contribution < 1.29 is 0 Å². The van der Waals surface area contributed by atoms with Crippen molar-refractivity contribution in [2.75, 3.05) is 0 Å². The van der Waals surface area contributed by atoms with Crippen LogP contribution in [0.4, 0.5) is 0 Å². The number of fused-ring (bicyclic) bond motifs is 1. The van der Waals surface area contributed by atoms with E-state index in [1.165, 1.54) is 10.8 Å². The van der Waals surface area contributed by atoms with Gasteiger partial charge in [0.1, 0.15) is 5.03 Å². The SMILES string of the molecule is C=C1/C=c2/cncc/c2=C/CC2=C(N=C=CC=C2)S1. The van der Waals surface area contributed by atoms with Crippen LogP contribution in [0.2, 0.25) is 0 Å². The minimum atomic E-state index is 0.843. The summed E-state index contributed by atoms with van der Waals surface area (Å²) in [7, 11) is 0. The van der Waals surface area contributed by atoms with Crippen LogP contribution < -0.4 is 10.4 Å². The van der Waals surface area contributed by atoms with Crippen LogP contribution in [-0.2, 0) is 0 Å². The summed E-state index contributed by atoms with van der Waals surface area (Å²) in [5.74, 6) is 2.91. The van der Waals surface area contributed by atoms with Crippen molar-refractivity contribution in [3.8, 4) is 0 Å². The largest absolute Gasteiger partial charge is 0.264 e. The summed E-state index contributed by atoms with van der Waals surface area (Å²) in [6.45, 7) is 4.09. The Morgan fingerprint density at radius 3 is 3.21 bits per heavy atom. The molecule has 0 saturated carbocycles. The van der Waals surface area contributed by atoms with Gasteiger partial charge in [0.05, 0.1) is 0 Å². The quantitative estimate of drug-likeness (QED) is 0.718. The molecule has 2 aliphatic heterocycles. The average Bonchev–Trinajstić information content (AvgIpc) is 2.59. The topological polar surface area (TPSA) is 25.2 Å². The molecule has 0 N–H and O–H groups in total. The highest BCUT2D eigenvalue weighted by Crippen LogP contribution is 2.31. The Morgan fingerprint density at radius 1 is 1.32 bits per heavy atom. The molecule has 3 heterocycles. The number of thioether (sulfide) groups is 1. The molecule has 19 heavy (non-hydrogen) atoms. The summed E-state index contributed by atoms with van der Waals surface area (Å²) in [6, 6.07) is 2.03. The third kappa shape index (κ3) is 2.68. The molecule has 0 bridgehead atoms. The predicted molar refractivity (Wildman–Crippen MR) is 81.9 cm³/mol.